The fraction of sp³-hybridized carbons (Fsp3) is 0.800. The van der Waals surface area contributed by atoms with Gasteiger partial charge in [-0.15, -0.1) is 0 Å². The van der Waals surface area contributed by atoms with Crippen LogP contribution in [0.25, 0.3) is 0 Å². The third-order valence-electron chi connectivity index (χ3n) is 2.09. The van der Waals surface area contributed by atoms with Crippen molar-refractivity contribution in [2.45, 2.75) is 44.8 Å². The lowest BCUT2D eigenvalue weighted by molar-refractivity contribution is -0.141. The van der Waals surface area contributed by atoms with Crippen molar-refractivity contribution >= 4 is 11.9 Å². The first-order valence-corrected chi connectivity index (χ1v) is 5.19. The molecule has 2 atom stereocenters. The van der Waals surface area contributed by atoms with E-state index in [1.165, 1.54) is 6.92 Å². The van der Waals surface area contributed by atoms with Crippen molar-refractivity contribution in [3.8, 4) is 0 Å². The third-order valence-corrected chi connectivity index (χ3v) is 2.09. The van der Waals surface area contributed by atoms with Gasteiger partial charge in [0.15, 0.2) is 0 Å². The molecule has 2 N–H and O–H groups in total. The number of rotatable bonds is 8. The van der Waals surface area contributed by atoms with Crippen molar-refractivity contribution in [1.82, 2.24) is 5.32 Å². The summed E-state index contributed by atoms with van der Waals surface area (Å²) in [5.41, 5.74) is 0. The molecule has 0 aliphatic rings. The first-order chi connectivity index (χ1) is 7.47. The Bertz CT molecular complexity index is 236. The monoisotopic (exact) mass is 237 g/mol. The van der Waals surface area contributed by atoms with Gasteiger partial charge in [0.2, 0.25) is 5.91 Å². The van der Waals surface area contributed by atoms with Gasteiger partial charge in [-0.2, -0.15) is 0 Å². The Morgan fingerprint density at radius 3 is 2.50 bits per heavy atom. The lowest BCUT2D eigenvalue weighted by atomic mass is 10.1. The molecule has 0 radical (unpaired) electrons. The first kappa shape index (κ1) is 14.8. The molecule has 1 unspecified atom stereocenters. The van der Waals surface area contributed by atoms with Crippen LogP contribution in [0.3, 0.4) is 0 Å². The molecule has 0 heterocycles. The van der Waals surface area contributed by atoms with Gasteiger partial charge in [-0.05, 0) is 19.8 Å². The SMILES string of the molecule is C[C@H](NC(=O)CCCC(F)CCF)C(=O)O. The maximum Gasteiger partial charge on any atom is 0.325 e. The number of amides is 1. The van der Waals surface area contributed by atoms with Crippen LogP contribution >= 0.6 is 0 Å². The lowest BCUT2D eigenvalue weighted by Gasteiger charge is -2.09. The Labute approximate surface area is 93.0 Å². The largest absolute Gasteiger partial charge is 0.480 e. The number of carbonyl (C=O) groups is 2. The summed E-state index contributed by atoms with van der Waals surface area (Å²) in [4.78, 5) is 21.5. The molecular weight excluding hydrogens is 220 g/mol. The molecule has 0 bridgehead atoms. The van der Waals surface area contributed by atoms with Gasteiger partial charge in [-0.3, -0.25) is 14.0 Å². The highest BCUT2D eigenvalue weighted by atomic mass is 19.1. The summed E-state index contributed by atoms with van der Waals surface area (Å²) in [6.45, 7) is 0.644. The molecule has 0 rings (SSSR count). The highest BCUT2D eigenvalue weighted by Gasteiger charge is 2.14. The molecule has 0 aliphatic carbocycles. The summed E-state index contributed by atoms with van der Waals surface area (Å²) in [7, 11) is 0. The van der Waals surface area contributed by atoms with E-state index in [1.54, 1.807) is 0 Å². The van der Waals surface area contributed by atoms with Gasteiger partial charge in [0.05, 0.1) is 6.67 Å². The first-order valence-electron chi connectivity index (χ1n) is 5.19. The van der Waals surface area contributed by atoms with E-state index < -0.39 is 30.8 Å². The minimum absolute atomic E-state index is 0.0598. The Morgan fingerprint density at radius 1 is 1.38 bits per heavy atom. The zero-order valence-electron chi connectivity index (χ0n) is 9.21. The van der Waals surface area contributed by atoms with Crippen LogP contribution in [0.2, 0.25) is 0 Å². The predicted octanol–water partition coefficient (Wildman–Crippen LogP) is 1.44. The Morgan fingerprint density at radius 2 is 2.00 bits per heavy atom. The van der Waals surface area contributed by atoms with Crippen LogP contribution in [0.4, 0.5) is 8.78 Å². The predicted molar refractivity (Wildman–Crippen MR) is 54.6 cm³/mol. The zero-order valence-corrected chi connectivity index (χ0v) is 9.21. The van der Waals surface area contributed by atoms with Crippen molar-refractivity contribution in [2.24, 2.45) is 0 Å². The molecule has 94 valence electrons. The van der Waals surface area contributed by atoms with E-state index in [4.69, 9.17) is 5.11 Å². The maximum absolute atomic E-state index is 12.8. The molecule has 4 nitrogen and oxygen atoms in total. The summed E-state index contributed by atoms with van der Waals surface area (Å²) >= 11 is 0. The lowest BCUT2D eigenvalue weighted by Crippen LogP contribution is -2.38. The van der Waals surface area contributed by atoms with Gasteiger partial charge in [0, 0.05) is 12.8 Å². The average molecular weight is 237 g/mol. The molecule has 6 heteroatoms. The van der Waals surface area contributed by atoms with E-state index in [9.17, 15) is 18.4 Å². The summed E-state index contributed by atoms with van der Waals surface area (Å²) in [6.07, 6.45) is -0.898. The average Bonchev–Trinajstić information content (AvgIpc) is 2.17. The molecular formula is C10H17F2NO3. The van der Waals surface area contributed by atoms with E-state index in [-0.39, 0.29) is 19.3 Å². The van der Waals surface area contributed by atoms with Crippen LogP contribution in [-0.4, -0.2) is 35.9 Å². The standard InChI is InChI=1S/C10H17F2NO3/c1-7(10(15)16)13-9(14)4-2-3-8(12)5-6-11/h7-8H,2-6H2,1H3,(H,13,14)(H,15,16)/t7-,8?/m0/s1. The minimum Gasteiger partial charge on any atom is -0.480 e. The van der Waals surface area contributed by atoms with Gasteiger partial charge in [-0.25, -0.2) is 4.39 Å². The molecule has 0 aromatic carbocycles. The quantitative estimate of drug-likeness (QED) is 0.671. The second kappa shape index (κ2) is 8.01. The summed E-state index contributed by atoms with van der Waals surface area (Å²) in [5, 5.41) is 10.7. The molecule has 16 heavy (non-hydrogen) atoms. The summed E-state index contributed by atoms with van der Waals surface area (Å²) < 4.78 is 24.5. The van der Waals surface area contributed by atoms with E-state index >= 15 is 0 Å². The second-order valence-corrected chi connectivity index (χ2v) is 3.59. The van der Waals surface area contributed by atoms with Gasteiger partial charge < -0.3 is 10.4 Å². The number of alkyl halides is 2. The molecule has 1 amide bonds. The van der Waals surface area contributed by atoms with Crippen LogP contribution in [0.15, 0.2) is 0 Å². The van der Waals surface area contributed by atoms with E-state index in [0.29, 0.717) is 6.42 Å². The smallest absolute Gasteiger partial charge is 0.325 e. The number of hydrogen-bond donors (Lipinski definition) is 2. The number of carboxylic acids is 1. The van der Waals surface area contributed by atoms with Gasteiger partial charge >= 0.3 is 5.97 Å². The van der Waals surface area contributed by atoms with Crippen molar-refractivity contribution in [2.75, 3.05) is 6.67 Å². The number of hydrogen-bond acceptors (Lipinski definition) is 2. The highest BCUT2D eigenvalue weighted by molar-refractivity contribution is 5.83. The molecule has 0 saturated heterocycles. The van der Waals surface area contributed by atoms with Gasteiger partial charge in [0.1, 0.15) is 12.2 Å². The van der Waals surface area contributed by atoms with Crippen LogP contribution in [0.5, 0.6) is 0 Å². The fourth-order valence-corrected chi connectivity index (χ4v) is 1.12. The van der Waals surface area contributed by atoms with Crippen molar-refractivity contribution < 1.29 is 23.5 Å². The molecule has 0 aliphatic heterocycles. The van der Waals surface area contributed by atoms with Crippen LogP contribution in [-0.2, 0) is 9.59 Å². The van der Waals surface area contributed by atoms with E-state index in [2.05, 4.69) is 5.32 Å². The number of halogens is 2. The highest BCUT2D eigenvalue weighted by Crippen LogP contribution is 2.08. The van der Waals surface area contributed by atoms with Gasteiger partial charge in [-0.1, -0.05) is 0 Å². The molecule has 0 spiro atoms. The van der Waals surface area contributed by atoms with E-state index in [0.717, 1.165) is 0 Å². The van der Waals surface area contributed by atoms with E-state index in [1.807, 2.05) is 0 Å². The zero-order chi connectivity index (χ0) is 12.6. The Hall–Kier alpha value is -1.20. The third kappa shape index (κ3) is 7.14. The van der Waals surface area contributed by atoms with Crippen LogP contribution < -0.4 is 5.32 Å². The number of aliphatic carboxylic acids is 1. The molecule has 0 saturated carbocycles. The fourth-order valence-electron chi connectivity index (χ4n) is 1.12. The molecule has 0 fully saturated rings. The van der Waals surface area contributed by atoms with Crippen LogP contribution in [0, 0.1) is 0 Å². The van der Waals surface area contributed by atoms with Gasteiger partial charge in [0.25, 0.3) is 0 Å². The Balaban J connectivity index is 3.62. The second-order valence-electron chi connectivity index (χ2n) is 3.59. The van der Waals surface area contributed by atoms with Crippen LogP contribution in [0.1, 0.15) is 32.6 Å². The summed E-state index contributed by atoms with van der Waals surface area (Å²) in [5.74, 6) is -1.54. The number of nitrogens with one attached hydrogen (secondary N) is 1. The number of carbonyl (C=O) groups excluding carboxylic acids is 1. The minimum atomic E-state index is -1.23. The molecule has 0 aromatic heterocycles. The maximum atomic E-state index is 12.8. The van der Waals surface area contributed by atoms with Crippen molar-refractivity contribution in [1.29, 1.82) is 0 Å². The molecule has 0 aromatic rings. The number of carboxylic acid groups (broad SMARTS) is 1. The normalized spacial score (nSPS) is 14.2. The Kier molecular flexibility index (Phi) is 7.41. The van der Waals surface area contributed by atoms with Crippen molar-refractivity contribution in [3.63, 3.8) is 0 Å². The van der Waals surface area contributed by atoms with Crippen molar-refractivity contribution in [3.05, 3.63) is 0 Å². The topological polar surface area (TPSA) is 66.4 Å². The summed E-state index contributed by atoms with van der Waals surface area (Å²) in [6, 6.07) is -0.945.